The Kier molecular flexibility index (Phi) is 6.18. The topological polar surface area (TPSA) is 18.8 Å². The Morgan fingerprint density at radius 1 is 1.18 bits per heavy atom. The Hall–Kier alpha value is 0.140. The molecule has 0 aliphatic carbocycles. The van der Waals surface area contributed by atoms with Crippen molar-refractivity contribution in [3.8, 4) is 0 Å². The van der Waals surface area contributed by atoms with Crippen LogP contribution in [0, 0.1) is 0 Å². The molecule has 1 unspecified atom stereocenters. The average Bonchev–Trinajstić information content (AvgIpc) is 2.67. The lowest BCUT2D eigenvalue weighted by molar-refractivity contribution is 0.135. The highest BCUT2D eigenvalue weighted by atomic mass is 35.6. The van der Waals surface area contributed by atoms with E-state index in [1.807, 2.05) is 16.8 Å². The maximum Gasteiger partial charge on any atom is 0.230 e. The molecule has 0 aromatic carbocycles. The maximum absolute atomic E-state index is 6.02. The molecule has 1 atom stereocenters. The van der Waals surface area contributed by atoms with Crippen LogP contribution in [0.25, 0.3) is 0 Å². The van der Waals surface area contributed by atoms with Gasteiger partial charge < -0.3 is 4.90 Å². The number of nitrogens with zero attached hydrogens (tertiary/aromatic N) is 3. The van der Waals surface area contributed by atoms with E-state index in [-0.39, 0.29) is 6.17 Å². The van der Waals surface area contributed by atoms with Gasteiger partial charge in [-0.2, -0.15) is 5.10 Å². The van der Waals surface area contributed by atoms with Crippen LogP contribution in [0.5, 0.6) is 0 Å². The van der Waals surface area contributed by atoms with Crippen molar-refractivity contribution in [1.29, 1.82) is 0 Å². The molecule has 0 bridgehead atoms. The van der Waals surface area contributed by atoms with Crippen molar-refractivity contribution in [3.05, 3.63) is 0 Å². The van der Waals surface area contributed by atoms with Gasteiger partial charge in [-0.15, -0.1) is 0 Å². The van der Waals surface area contributed by atoms with Crippen LogP contribution < -0.4 is 0 Å². The van der Waals surface area contributed by atoms with Gasteiger partial charge in [0.2, 0.25) is 3.79 Å². The largest absolute Gasteiger partial charge is 0.336 e. The first-order chi connectivity index (χ1) is 8.00. The first-order valence-electron chi connectivity index (χ1n) is 6.14. The van der Waals surface area contributed by atoms with Crippen LogP contribution in [0.4, 0.5) is 0 Å². The van der Waals surface area contributed by atoms with Crippen LogP contribution in [-0.4, -0.2) is 39.3 Å². The van der Waals surface area contributed by atoms with Gasteiger partial charge in [0.1, 0.15) is 6.34 Å². The zero-order valence-electron chi connectivity index (χ0n) is 10.4. The summed E-state index contributed by atoms with van der Waals surface area (Å²) in [4.78, 5) is 1.95. The summed E-state index contributed by atoms with van der Waals surface area (Å²) in [6.45, 7) is 5.84. The minimum atomic E-state index is -1.34. The smallest absolute Gasteiger partial charge is 0.230 e. The van der Waals surface area contributed by atoms with E-state index in [9.17, 15) is 0 Å². The molecule has 0 N–H and O–H groups in total. The van der Waals surface area contributed by atoms with E-state index in [2.05, 4.69) is 12.0 Å². The summed E-state index contributed by atoms with van der Waals surface area (Å²) in [6.07, 6.45) is 6.22. The molecule has 0 fully saturated rings. The summed E-state index contributed by atoms with van der Waals surface area (Å²) in [5.74, 6) is 0. The number of hydrogen-bond donors (Lipinski definition) is 0. The molecular weight excluding hydrogens is 281 g/mol. The number of hydrazone groups is 1. The monoisotopic (exact) mass is 299 g/mol. The second-order valence-corrected chi connectivity index (χ2v) is 6.57. The Labute approximate surface area is 119 Å². The Balaban J connectivity index is 2.50. The van der Waals surface area contributed by atoms with Crippen LogP contribution in [0.3, 0.4) is 0 Å². The fourth-order valence-electron chi connectivity index (χ4n) is 1.92. The first kappa shape index (κ1) is 15.2. The minimum Gasteiger partial charge on any atom is -0.336 e. The van der Waals surface area contributed by atoms with Gasteiger partial charge in [-0.1, -0.05) is 61.0 Å². The summed E-state index contributed by atoms with van der Waals surface area (Å²) in [5.41, 5.74) is 0. The summed E-state index contributed by atoms with van der Waals surface area (Å²) in [7, 11) is 0. The summed E-state index contributed by atoms with van der Waals surface area (Å²) in [6, 6.07) is 0. The summed E-state index contributed by atoms with van der Waals surface area (Å²) in [5, 5.41) is 6.20. The Morgan fingerprint density at radius 2 is 1.88 bits per heavy atom. The molecule has 1 aliphatic rings. The number of hydrogen-bond acceptors (Lipinski definition) is 3. The molecule has 0 saturated carbocycles. The average molecular weight is 301 g/mol. The molecule has 100 valence electrons. The lowest BCUT2D eigenvalue weighted by Gasteiger charge is -2.34. The van der Waals surface area contributed by atoms with Gasteiger partial charge in [0.25, 0.3) is 0 Å². The van der Waals surface area contributed by atoms with Crippen LogP contribution in [0.1, 0.15) is 39.5 Å². The number of alkyl halides is 3. The van der Waals surface area contributed by atoms with Crippen LogP contribution in [-0.2, 0) is 0 Å². The van der Waals surface area contributed by atoms with Crippen molar-refractivity contribution in [2.24, 2.45) is 5.10 Å². The maximum atomic E-state index is 6.02. The number of unbranched alkanes of at least 4 members (excludes halogenated alkanes) is 3. The fraction of sp³-hybridized carbons (Fsp3) is 0.909. The van der Waals surface area contributed by atoms with E-state index in [0.29, 0.717) is 0 Å². The molecule has 1 heterocycles. The molecule has 0 radical (unpaired) electrons. The van der Waals surface area contributed by atoms with Gasteiger partial charge in [0, 0.05) is 13.1 Å². The lowest BCUT2D eigenvalue weighted by atomic mass is 10.2. The normalized spacial score (nSPS) is 20.4. The molecule has 0 saturated heterocycles. The predicted octanol–water partition coefficient (Wildman–Crippen LogP) is 3.84. The molecule has 0 amide bonds. The van der Waals surface area contributed by atoms with E-state index >= 15 is 0 Å². The van der Waals surface area contributed by atoms with Crippen molar-refractivity contribution >= 4 is 41.1 Å². The van der Waals surface area contributed by atoms with Gasteiger partial charge >= 0.3 is 0 Å². The van der Waals surface area contributed by atoms with E-state index in [1.54, 1.807) is 6.34 Å². The highest BCUT2D eigenvalue weighted by Crippen LogP contribution is 2.37. The molecular formula is C11H20Cl3N3. The minimum absolute atomic E-state index is 0.279. The van der Waals surface area contributed by atoms with Crippen molar-refractivity contribution in [3.63, 3.8) is 0 Å². The van der Waals surface area contributed by atoms with Gasteiger partial charge in [-0.25, -0.2) is 0 Å². The molecule has 1 aliphatic heterocycles. The second kappa shape index (κ2) is 6.91. The van der Waals surface area contributed by atoms with Crippen LogP contribution in [0.15, 0.2) is 5.10 Å². The number of halogens is 3. The summed E-state index contributed by atoms with van der Waals surface area (Å²) < 4.78 is -1.34. The molecule has 0 aromatic rings. The predicted molar refractivity (Wildman–Crippen MR) is 75.8 cm³/mol. The third-order valence-corrected chi connectivity index (χ3v) is 3.43. The highest BCUT2D eigenvalue weighted by molar-refractivity contribution is 6.68. The lowest BCUT2D eigenvalue weighted by Crippen LogP contribution is -2.48. The fourth-order valence-corrected chi connectivity index (χ4v) is 2.64. The molecule has 17 heavy (non-hydrogen) atoms. The SMILES string of the molecule is CCCCCCN1N=CN(CC)C1C(Cl)(Cl)Cl. The van der Waals surface area contributed by atoms with Crippen molar-refractivity contribution < 1.29 is 0 Å². The van der Waals surface area contributed by atoms with Gasteiger partial charge in [-0.05, 0) is 13.3 Å². The molecule has 6 heteroatoms. The summed E-state index contributed by atoms with van der Waals surface area (Å²) >= 11 is 18.0. The highest BCUT2D eigenvalue weighted by Gasteiger charge is 2.42. The molecule has 0 aromatic heterocycles. The van der Waals surface area contributed by atoms with Gasteiger partial charge in [0.05, 0.1) is 0 Å². The molecule has 1 rings (SSSR count). The van der Waals surface area contributed by atoms with Crippen LogP contribution in [0.2, 0.25) is 0 Å². The first-order valence-corrected chi connectivity index (χ1v) is 7.27. The molecule has 3 nitrogen and oxygen atoms in total. The van der Waals surface area contributed by atoms with E-state index in [1.165, 1.54) is 19.3 Å². The van der Waals surface area contributed by atoms with E-state index in [0.717, 1.165) is 19.5 Å². The van der Waals surface area contributed by atoms with Crippen molar-refractivity contribution in [2.75, 3.05) is 13.1 Å². The Bertz CT molecular complexity index is 253. The number of rotatable bonds is 6. The zero-order chi connectivity index (χ0) is 12.9. The quantitative estimate of drug-likeness (QED) is 0.548. The standard InChI is InChI=1S/C11H20Cl3N3/c1-3-5-6-7-8-17-10(11(12,13)14)16(4-2)9-15-17/h9-10H,3-8H2,1-2H3. The zero-order valence-corrected chi connectivity index (χ0v) is 12.6. The van der Waals surface area contributed by atoms with Crippen molar-refractivity contribution in [1.82, 2.24) is 9.91 Å². The Morgan fingerprint density at radius 3 is 2.41 bits per heavy atom. The van der Waals surface area contributed by atoms with Crippen molar-refractivity contribution in [2.45, 2.75) is 49.5 Å². The van der Waals surface area contributed by atoms with E-state index < -0.39 is 3.79 Å². The van der Waals surface area contributed by atoms with E-state index in [4.69, 9.17) is 34.8 Å². The van der Waals surface area contributed by atoms with Crippen LogP contribution >= 0.6 is 34.8 Å². The second-order valence-electron chi connectivity index (χ2n) is 4.20. The molecule has 0 spiro atoms. The third-order valence-electron chi connectivity index (χ3n) is 2.84. The van der Waals surface area contributed by atoms with Gasteiger partial charge in [0.15, 0.2) is 6.17 Å². The van der Waals surface area contributed by atoms with Gasteiger partial charge in [-0.3, -0.25) is 5.01 Å². The third kappa shape index (κ3) is 4.38.